The lowest BCUT2D eigenvalue weighted by Gasteiger charge is -2.45. The van der Waals surface area contributed by atoms with Crippen LogP contribution in [0.5, 0.6) is 5.75 Å². The Morgan fingerprint density at radius 3 is 1.82 bits per heavy atom. The Morgan fingerprint density at radius 2 is 1.29 bits per heavy atom. The van der Waals surface area contributed by atoms with Gasteiger partial charge in [-0.2, -0.15) is 0 Å². The maximum atomic E-state index is 14.1. The molecule has 4 aromatic rings. The van der Waals surface area contributed by atoms with Gasteiger partial charge in [-0.05, 0) is 46.5 Å². The predicted molar refractivity (Wildman–Crippen MR) is 162 cm³/mol. The Morgan fingerprint density at radius 1 is 0.733 bits per heavy atom. The molecule has 3 aliphatic carbocycles. The summed E-state index contributed by atoms with van der Waals surface area (Å²) in [5.74, 6) is -3.59. The molecule has 4 aromatic carbocycles. The molecule has 3 amide bonds. The molecule has 2 aliphatic heterocycles. The lowest BCUT2D eigenvalue weighted by molar-refractivity contribution is -0.384. The predicted octanol–water partition coefficient (Wildman–Crippen LogP) is 4.95. The number of nitro benzene ring substituents is 1. The first kappa shape index (κ1) is 26.9. The minimum Gasteiger partial charge on any atom is -0.426 e. The van der Waals surface area contributed by atoms with Crippen LogP contribution in [-0.4, -0.2) is 35.2 Å². The Kier molecular flexibility index (Phi) is 5.96. The van der Waals surface area contributed by atoms with Gasteiger partial charge in [0.15, 0.2) is 0 Å². The smallest absolute Gasteiger partial charge is 0.316 e. The molecule has 0 aromatic heterocycles. The van der Waals surface area contributed by atoms with Crippen molar-refractivity contribution in [3.8, 4) is 5.75 Å². The van der Waals surface area contributed by atoms with E-state index < -0.39 is 28.6 Å². The molecule has 3 atom stereocenters. The summed E-state index contributed by atoms with van der Waals surface area (Å²) in [6, 6.07) is 28.0. The zero-order valence-electron chi connectivity index (χ0n) is 23.7. The normalized spacial score (nSPS) is 24.4. The second-order valence-corrected chi connectivity index (χ2v) is 11.9. The van der Waals surface area contributed by atoms with Crippen LogP contribution in [0.15, 0.2) is 97.1 Å². The highest BCUT2D eigenvalue weighted by Gasteiger charge is 2.61. The van der Waals surface area contributed by atoms with Crippen molar-refractivity contribution in [1.82, 2.24) is 0 Å². The number of esters is 1. The molecular formula is C35H25N3O7. The maximum Gasteiger partial charge on any atom is 0.316 e. The molecule has 2 heterocycles. The van der Waals surface area contributed by atoms with Crippen LogP contribution in [0.3, 0.4) is 0 Å². The van der Waals surface area contributed by atoms with E-state index in [1.807, 2.05) is 24.3 Å². The molecule has 0 saturated carbocycles. The maximum absolute atomic E-state index is 14.1. The standard InChI is InChI=1S/C35H25N3O7/c39-28-16-19(18-36(28)20-12-14-21(15-13-20)38(43)44)35(42)45-23-7-5-6-22(17-23)37-33(40)31-29-24-8-1-2-9-25(24)30(32(31)34(37)41)27-11-4-3-10-26(27)29/h1-15,17,19,29-32H,16,18H2/t19-,29?,30?,31-,32+/m1/s1. The molecule has 5 aliphatic rings. The topological polar surface area (TPSA) is 127 Å². The molecule has 0 spiro atoms. The van der Waals surface area contributed by atoms with Crippen LogP contribution in [0.2, 0.25) is 0 Å². The van der Waals surface area contributed by atoms with Gasteiger partial charge < -0.3 is 9.64 Å². The first-order valence-corrected chi connectivity index (χ1v) is 14.7. The van der Waals surface area contributed by atoms with Gasteiger partial charge in [-0.15, -0.1) is 0 Å². The van der Waals surface area contributed by atoms with Crippen LogP contribution in [0, 0.1) is 27.9 Å². The SMILES string of the molecule is O=C(Oc1cccc(N2C(=O)[C@@H]3C4c5ccccc5C(c5ccccc54)[C@@H]3C2=O)c1)[C@@H]1CC(=O)N(c2ccc([N+](=O)[O-])cc2)C1. The van der Waals surface area contributed by atoms with Crippen LogP contribution >= 0.6 is 0 Å². The van der Waals surface area contributed by atoms with E-state index in [4.69, 9.17) is 4.74 Å². The number of anilines is 2. The summed E-state index contributed by atoms with van der Waals surface area (Å²) in [6.45, 7) is 0.0610. The molecule has 45 heavy (non-hydrogen) atoms. The monoisotopic (exact) mass is 599 g/mol. The van der Waals surface area contributed by atoms with Gasteiger partial charge in [-0.3, -0.25) is 29.3 Å². The molecule has 9 rings (SSSR count). The van der Waals surface area contributed by atoms with Gasteiger partial charge in [0.05, 0.1) is 28.4 Å². The van der Waals surface area contributed by atoms with Gasteiger partial charge in [0.25, 0.3) is 5.69 Å². The van der Waals surface area contributed by atoms with Crippen LogP contribution < -0.4 is 14.5 Å². The third-order valence-electron chi connectivity index (χ3n) is 9.57. The molecule has 222 valence electrons. The number of amides is 3. The van der Waals surface area contributed by atoms with Gasteiger partial charge in [-0.1, -0.05) is 54.6 Å². The minimum atomic E-state index is -0.762. The number of benzene rings is 4. The Hall–Kier alpha value is -5.64. The Balaban J connectivity index is 1.04. The van der Waals surface area contributed by atoms with Crippen molar-refractivity contribution in [3.63, 3.8) is 0 Å². The van der Waals surface area contributed by atoms with Gasteiger partial charge in [0.1, 0.15) is 5.75 Å². The van der Waals surface area contributed by atoms with Crippen molar-refractivity contribution in [1.29, 1.82) is 0 Å². The Labute approximate surface area is 257 Å². The summed E-state index contributed by atoms with van der Waals surface area (Å²) < 4.78 is 5.67. The number of hydrogen-bond acceptors (Lipinski definition) is 7. The number of carbonyl (C=O) groups is 4. The van der Waals surface area contributed by atoms with E-state index in [-0.39, 0.29) is 54.0 Å². The number of imide groups is 1. The number of nitrogens with zero attached hydrogens (tertiary/aromatic N) is 3. The van der Waals surface area contributed by atoms with E-state index in [0.717, 1.165) is 22.3 Å². The summed E-state index contributed by atoms with van der Waals surface area (Å²) in [7, 11) is 0. The van der Waals surface area contributed by atoms with E-state index >= 15 is 0 Å². The van der Waals surface area contributed by atoms with Gasteiger partial charge >= 0.3 is 5.97 Å². The summed E-state index contributed by atoms with van der Waals surface area (Å²) >= 11 is 0. The van der Waals surface area contributed by atoms with E-state index in [0.29, 0.717) is 11.4 Å². The fourth-order valence-electron chi connectivity index (χ4n) is 7.69. The van der Waals surface area contributed by atoms with E-state index in [1.54, 1.807) is 18.2 Å². The lowest BCUT2D eigenvalue weighted by Crippen LogP contribution is -2.41. The van der Waals surface area contributed by atoms with Crippen molar-refractivity contribution < 1.29 is 28.8 Å². The number of non-ortho nitro benzene ring substituents is 1. The van der Waals surface area contributed by atoms with Crippen LogP contribution in [0.25, 0.3) is 0 Å². The highest BCUT2D eigenvalue weighted by molar-refractivity contribution is 6.23. The quantitative estimate of drug-likeness (QED) is 0.104. The number of nitro groups is 1. The van der Waals surface area contributed by atoms with Crippen molar-refractivity contribution in [2.75, 3.05) is 16.3 Å². The fourth-order valence-corrected chi connectivity index (χ4v) is 7.69. The van der Waals surface area contributed by atoms with Crippen molar-refractivity contribution in [2.45, 2.75) is 18.3 Å². The molecule has 2 fully saturated rings. The van der Waals surface area contributed by atoms with E-state index in [9.17, 15) is 29.3 Å². The zero-order valence-corrected chi connectivity index (χ0v) is 23.7. The first-order chi connectivity index (χ1) is 21.8. The summed E-state index contributed by atoms with van der Waals surface area (Å²) in [5.41, 5.74) is 5.02. The van der Waals surface area contributed by atoms with Crippen molar-refractivity contribution in [2.24, 2.45) is 17.8 Å². The van der Waals surface area contributed by atoms with Gasteiger partial charge in [-0.25, -0.2) is 4.90 Å². The minimum absolute atomic E-state index is 0.0610. The number of carbonyl (C=O) groups excluding carboxylic acids is 4. The van der Waals surface area contributed by atoms with E-state index in [2.05, 4.69) is 24.3 Å². The third-order valence-corrected chi connectivity index (χ3v) is 9.57. The van der Waals surface area contributed by atoms with Crippen LogP contribution in [0.1, 0.15) is 40.5 Å². The largest absolute Gasteiger partial charge is 0.426 e. The second kappa shape index (κ2) is 9.95. The average Bonchev–Trinajstić information content (AvgIpc) is 3.58. The molecule has 2 saturated heterocycles. The highest BCUT2D eigenvalue weighted by Crippen LogP contribution is 2.61. The molecule has 10 heteroatoms. The number of rotatable bonds is 5. The number of ether oxygens (including phenoxy) is 1. The van der Waals surface area contributed by atoms with Gasteiger partial charge in [0.2, 0.25) is 17.7 Å². The summed E-state index contributed by atoms with van der Waals surface area (Å²) in [4.78, 5) is 67.1. The Bertz CT molecular complexity index is 1840. The summed E-state index contributed by atoms with van der Waals surface area (Å²) in [6.07, 6.45) is -0.0775. The van der Waals surface area contributed by atoms with Crippen LogP contribution in [-0.2, 0) is 19.2 Å². The molecule has 0 radical (unpaired) electrons. The van der Waals surface area contributed by atoms with E-state index in [1.165, 1.54) is 40.1 Å². The molecule has 0 N–H and O–H groups in total. The number of hydrogen-bond donors (Lipinski definition) is 0. The van der Waals surface area contributed by atoms with Crippen molar-refractivity contribution in [3.05, 3.63) is 129 Å². The van der Waals surface area contributed by atoms with Crippen LogP contribution in [0.4, 0.5) is 17.1 Å². The molecule has 2 bridgehead atoms. The summed E-state index contributed by atoms with van der Waals surface area (Å²) in [5, 5.41) is 11.0. The van der Waals surface area contributed by atoms with Gasteiger partial charge in [0, 0.05) is 48.7 Å². The molecule has 0 unspecified atom stereocenters. The second-order valence-electron chi connectivity index (χ2n) is 11.9. The lowest BCUT2D eigenvalue weighted by atomic mass is 9.55. The molecule has 10 nitrogen and oxygen atoms in total. The molecular weight excluding hydrogens is 574 g/mol. The van der Waals surface area contributed by atoms with Crippen molar-refractivity contribution >= 4 is 40.8 Å². The fraction of sp³-hybridized carbons (Fsp3) is 0.200. The highest BCUT2D eigenvalue weighted by atomic mass is 16.6. The average molecular weight is 600 g/mol. The third kappa shape index (κ3) is 4.02. The first-order valence-electron chi connectivity index (χ1n) is 14.7. The zero-order chi connectivity index (χ0) is 31.0.